The van der Waals surface area contributed by atoms with E-state index in [9.17, 15) is 4.79 Å². The van der Waals surface area contributed by atoms with Crippen LogP contribution in [0.2, 0.25) is 0 Å². The van der Waals surface area contributed by atoms with Crippen LogP contribution in [0.25, 0.3) is 10.9 Å². The Morgan fingerprint density at radius 1 is 1.08 bits per heavy atom. The van der Waals surface area contributed by atoms with Gasteiger partial charge in [0.2, 0.25) is 5.91 Å². The number of aromatic nitrogens is 1. The minimum absolute atomic E-state index is 0.0808. The van der Waals surface area contributed by atoms with Gasteiger partial charge < -0.3 is 10.1 Å². The summed E-state index contributed by atoms with van der Waals surface area (Å²) in [5.74, 6) is 0.568. The first-order valence-electron chi connectivity index (χ1n) is 7.88. The van der Waals surface area contributed by atoms with Crippen molar-refractivity contribution in [3.8, 4) is 5.75 Å². The minimum atomic E-state index is -0.0808. The van der Waals surface area contributed by atoms with E-state index in [2.05, 4.69) is 10.3 Å². The maximum absolute atomic E-state index is 12.5. The third-order valence-electron chi connectivity index (χ3n) is 4.20. The lowest BCUT2D eigenvalue weighted by molar-refractivity contribution is -0.115. The number of amides is 1. The van der Waals surface area contributed by atoms with Gasteiger partial charge in [0, 0.05) is 11.1 Å². The third kappa shape index (κ3) is 3.08. The molecule has 0 saturated heterocycles. The molecule has 0 fully saturated rings. The number of benzene rings is 2. The number of carbonyl (C=O) groups excluding carboxylic acids is 1. The van der Waals surface area contributed by atoms with Crippen LogP contribution in [0.4, 0.5) is 5.69 Å². The molecule has 1 amide bonds. The third-order valence-corrected chi connectivity index (χ3v) is 4.20. The second kappa shape index (κ2) is 6.71. The van der Waals surface area contributed by atoms with Gasteiger partial charge in [-0.05, 0) is 43.2 Å². The van der Waals surface area contributed by atoms with Crippen LogP contribution in [-0.2, 0) is 11.2 Å². The molecule has 1 N–H and O–H groups in total. The highest BCUT2D eigenvalue weighted by Crippen LogP contribution is 2.25. The number of pyridine rings is 1. The van der Waals surface area contributed by atoms with Gasteiger partial charge in [0.15, 0.2) is 0 Å². The summed E-state index contributed by atoms with van der Waals surface area (Å²) in [6, 6.07) is 15.4. The molecule has 24 heavy (non-hydrogen) atoms. The molecule has 3 aromatic rings. The first-order valence-corrected chi connectivity index (χ1v) is 7.88. The van der Waals surface area contributed by atoms with E-state index < -0.39 is 0 Å². The Morgan fingerprint density at radius 2 is 1.79 bits per heavy atom. The molecule has 0 radical (unpaired) electrons. The average Bonchev–Trinajstić information content (AvgIpc) is 2.59. The number of aryl methyl sites for hydroxylation is 2. The molecule has 4 nitrogen and oxygen atoms in total. The van der Waals surface area contributed by atoms with Crippen LogP contribution >= 0.6 is 0 Å². The number of rotatable bonds is 4. The number of fused-ring (bicyclic) bond motifs is 1. The van der Waals surface area contributed by atoms with Crippen molar-refractivity contribution in [3.05, 3.63) is 65.4 Å². The maximum Gasteiger partial charge on any atom is 0.228 e. The van der Waals surface area contributed by atoms with Gasteiger partial charge >= 0.3 is 0 Å². The maximum atomic E-state index is 12.5. The summed E-state index contributed by atoms with van der Waals surface area (Å²) in [6.07, 6.45) is 0.285. The number of carbonyl (C=O) groups is 1. The molecule has 0 aliphatic rings. The second-order valence-electron chi connectivity index (χ2n) is 5.74. The lowest BCUT2D eigenvalue weighted by atomic mass is 9.99. The molecule has 1 heterocycles. The number of nitrogens with one attached hydrogen (secondary N) is 1. The zero-order valence-electron chi connectivity index (χ0n) is 14.1. The van der Waals surface area contributed by atoms with Gasteiger partial charge in [-0.3, -0.25) is 9.78 Å². The van der Waals surface area contributed by atoms with E-state index in [0.717, 1.165) is 27.7 Å². The van der Waals surface area contributed by atoms with Crippen LogP contribution < -0.4 is 10.1 Å². The van der Waals surface area contributed by atoms with Crippen molar-refractivity contribution in [3.63, 3.8) is 0 Å². The van der Waals surface area contributed by atoms with E-state index in [1.54, 1.807) is 7.11 Å². The largest absolute Gasteiger partial charge is 0.495 e. The lowest BCUT2D eigenvalue weighted by Crippen LogP contribution is -2.17. The smallest absolute Gasteiger partial charge is 0.228 e. The highest BCUT2D eigenvalue weighted by Gasteiger charge is 2.14. The van der Waals surface area contributed by atoms with E-state index in [-0.39, 0.29) is 12.3 Å². The SMILES string of the molecule is COc1ccccc1NC(=O)Cc1c(C)nc2ccccc2c1C. The Balaban J connectivity index is 1.88. The summed E-state index contributed by atoms with van der Waals surface area (Å²) in [7, 11) is 1.59. The average molecular weight is 320 g/mol. The van der Waals surface area contributed by atoms with E-state index in [4.69, 9.17) is 4.74 Å². The molecule has 4 heteroatoms. The van der Waals surface area contributed by atoms with Crippen molar-refractivity contribution >= 4 is 22.5 Å². The summed E-state index contributed by atoms with van der Waals surface area (Å²) in [5.41, 5.74) is 4.60. The van der Waals surface area contributed by atoms with E-state index >= 15 is 0 Å². The van der Waals surface area contributed by atoms with Crippen molar-refractivity contribution in [2.24, 2.45) is 0 Å². The molecule has 0 saturated carbocycles. The van der Waals surface area contributed by atoms with Gasteiger partial charge in [-0.15, -0.1) is 0 Å². The van der Waals surface area contributed by atoms with Crippen LogP contribution in [0.15, 0.2) is 48.5 Å². The fourth-order valence-electron chi connectivity index (χ4n) is 2.93. The van der Waals surface area contributed by atoms with Crippen molar-refractivity contribution in [2.75, 3.05) is 12.4 Å². The van der Waals surface area contributed by atoms with Crippen molar-refractivity contribution in [1.82, 2.24) is 4.98 Å². The molecule has 0 atom stereocenters. The van der Waals surface area contributed by atoms with Crippen LogP contribution in [-0.4, -0.2) is 18.0 Å². The first kappa shape index (κ1) is 16.0. The zero-order valence-corrected chi connectivity index (χ0v) is 14.1. The number of para-hydroxylation sites is 3. The number of hydrogen-bond acceptors (Lipinski definition) is 3. The molecule has 122 valence electrons. The minimum Gasteiger partial charge on any atom is -0.495 e. The Labute approximate surface area is 141 Å². The molecular weight excluding hydrogens is 300 g/mol. The Hall–Kier alpha value is -2.88. The van der Waals surface area contributed by atoms with Crippen LogP contribution in [0, 0.1) is 13.8 Å². The van der Waals surface area contributed by atoms with Crippen LogP contribution in [0.5, 0.6) is 5.75 Å². The molecule has 3 rings (SSSR count). The number of methoxy groups -OCH3 is 1. The van der Waals surface area contributed by atoms with Gasteiger partial charge in [0.05, 0.1) is 24.7 Å². The number of ether oxygens (including phenoxy) is 1. The fraction of sp³-hybridized carbons (Fsp3) is 0.200. The van der Waals surface area contributed by atoms with Crippen molar-refractivity contribution in [2.45, 2.75) is 20.3 Å². The summed E-state index contributed by atoms with van der Waals surface area (Å²) in [5, 5.41) is 4.01. The number of hydrogen-bond donors (Lipinski definition) is 1. The Kier molecular flexibility index (Phi) is 4.47. The standard InChI is InChI=1S/C20H20N2O2/c1-13-15-8-4-5-9-17(15)21-14(2)16(13)12-20(23)22-18-10-6-7-11-19(18)24-3/h4-11H,12H2,1-3H3,(H,22,23). The molecule has 2 aromatic carbocycles. The van der Waals surface area contributed by atoms with Gasteiger partial charge in [-0.2, -0.15) is 0 Å². The van der Waals surface area contributed by atoms with E-state index in [1.807, 2.05) is 62.4 Å². The first-order chi connectivity index (χ1) is 11.6. The normalized spacial score (nSPS) is 10.6. The van der Waals surface area contributed by atoms with Crippen LogP contribution in [0.1, 0.15) is 16.8 Å². The van der Waals surface area contributed by atoms with Gasteiger partial charge in [0.25, 0.3) is 0 Å². The number of nitrogens with zero attached hydrogens (tertiary/aromatic N) is 1. The summed E-state index contributed by atoms with van der Waals surface area (Å²) < 4.78 is 5.27. The zero-order chi connectivity index (χ0) is 17.1. The predicted molar refractivity (Wildman–Crippen MR) is 96.5 cm³/mol. The lowest BCUT2D eigenvalue weighted by Gasteiger charge is -2.14. The van der Waals surface area contributed by atoms with Gasteiger partial charge in [-0.1, -0.05) is 30.3 Å². The Morgan fingerprint density at radius 3 is 2.58 bits per heavy atom. The molecule has 0 aliphatic carbocycles. The summed E-state index contributed by atoms with van der Waals surface area (Å²) in [4.78, 5) is 17.1. The van der Waals surface area contributed by atoms with Gasteiger partial charge in [0.1, 0.15) is 5.75 Å². The quantitative estimate of drug-likeness (QED) is 0.789. The number of anilines is 1. The fourth-order valence-corrected chi connectivity index (χ4v) is 2.93. The molecular formula is C20H20N2O2. The van der Waals surface area contributed by atoms with Crippen molar-refractivity contribution < 1.29 is 9.53 Å². The van der Waals surface area contributed by atoms with E-state index in [0.29, 0.717) is 11.4 Å². The highest BCUT2D eigenvalue weighted by molar-refractivity contribution is 5.95. The molecule has 0 aliphatic heterocycles. The topological polar surface area (TPSA) is 51.2 Å². The molecule has 0 bridgehead atoms. The second-order valence-corrected chi connectivity index (χ2v) is 5.74. The predicted octanol–water partition coefficient (Wildman–Crippen LogP) is 4.04. The molecule has 1 aromatic heterocycles. The highest BCUT2D eigenvalue weighted by atomic mass is 16.5. The summed E-state index contributed by atoms with van der Waals surface area (Å²) >= 11 is 0. The van der Waals surface area contributed by atoms with Gasteiger partial charge in [-0.25, -0.2) is 0 Å². The molecule has 0 unspecified atom stereocenters. The van der Waals surface area contributed by atoms with Crippen LogP contribution in [0.3, 0.4) is 0 Å². The Bertz CT molecular complexity index is 903. The molecule has 0 spiro atoms. The van der Waals surface area contributed by atoms with Crippen molar-refractivity contribution in [1.29, 1.82) is 0 Å². The summed E-state index contributed by atoms with van der Waals surface area (Å²) in [6.45, 7) is 3.99. The monoisotopic (exact) mass is 320 g/mol. The van der Waals surface area contributed by atoms with E-state index in [1.165, 1.54) is 0 Å².